The van der Waals surface area contributed by atoms with Crippen molar-refractivity contribution in [3.05, 3.63) is 53.7 Å². The first-order chi connectivity index (χ1) is 7.90. The lowest BCUT2D eigenvalue weighted by molar-refractivity contribution is 0.672. The van der Waals surface area contributed by atoms with Crippen LogP contribution in [0.15, 0.2) is 42.6 Å². The lowest BCUT2D eigenvalue weighted by Crippen LogP contribution is -2.10. The van der Waals surface area contributed by atoms with Crippen molar-refractivity contribution < 1.29 is 0 Å². The van der Waals surface area contributed by atoms with Gasteiger partial charge in [-0.1, -0.05) is 18.2 Å². The number of aromatic nitrogens is 1. The molecule has 2 heterocycles. The first kappa shape index (κ1) is 9.05. The number of benzene rings is 1. The lowest BCUT2D eigenvalue weighted by atomic mass is 10.0. The predicted molar refractivity (Wildman–Crippen MR) is 62.2 cm³/mol. The van der Waals surface area contributed by atoms with E-state index in [1.54, 1.807) is 0 Å². The molecule has 0 fully saturated rings. The number of fused-ring (bicyclic) bond motifs is 1. The third-order valence-electron chi connectivity index (χ3n) is 3.03. The zero-order valence-corrected chi connectivity index (χ0v) is 8.72. The Kier molecular flexibility index (Phi) is 1.94. The van der Waals surface area contributed by atoms with Gasteiger partial charge in [0.05, 0.1) is 17.7 Å². The van der Waals surface area contributed by atoms with Crippen molar-refractivity contribution in [1.29, 1.82) is 5.26 Å². The fourth-order valence-corrected chi connectivity index (χ4v) is 2.26. The van der Waals surface area contributed by atoms with E-state index >= 15 is 0 Å². The minimum absolute atomic E-state index is 0.237. The van der Waals surface area contributed by atoms with Crippen LogP contribution in [-0.2, 0) is 0 Å². The summed E-state index contributed by atoms with van der Waals surface area (Å²) in [6, 6.07) is 14.3. The van der Waals surface area contributed by atoms with E-state index in [0.29, 0.717) is 0 Å². The normalized spacial score (nSPS) is 17.6. The highest BCUT2D eigenvalue weighted by Gasteiger charge is 2.23. The van der Waals surface area contributed by atoms with Crippen LogP contribution < -0.4 is 5.32 Å². The van der Waals surface area contributed by atoms with Crippen molar-refractivity contribution in [3.63, 3.8) is 0 Å². The molecule has 0 aliphatic carbocycles. The van der Waals surface area contributed by atoms with Crippen LogP contribution in [0.2, 0.25) is 0 Å². The summed E-state index contributed by atoms with van der Waals surface area (Å²) in [5.74, 6) is 1.12. The maximum absolute atomic E-state index is 9.10. The molecule has 1 unspecified atom stereocenters. The summed E-state index contributed by atoms with van der Waals surface area (Å²) < 4.78 is 2.18. The summed E-state index contributed by atoms with van der Waals surface area (Å²) in [5, 5.41) is 12.4. The predicted octanol–water partition coefficient (Wildman–Crippen LogP) is 2.37. The van der Waals surface area contributed by atoms with Crippen LogP contribution in [-0.4, -0.2) is 11.1 Å². The van der Waals surface area contributed by atoms with Crippen LogP contribution in [0.4, 0.5) is 5.82 Å². The number of hydrogen-bond donors (Lipinski definition) is 1. The molecule has 0 spiro atoms. The third-order valence-corrected chi connectivity index (χ3v) is 3.03. The Labute approximate surface area is 93.9 Å². The molecule has 1 aliphatic rings. The zero-order chi connectivity index (χ0) is 11.0. The van der Waals surface area contributed by atoms with Crippen molar-refractivity contribution in [3.8, 4) is 6.07 Å². The molecule has 16 heavy (non-hydrogen) atoms. The van der Waals surface area contributed by atoms with E-state index in [4.69, 9.17) is 5.26 Å². The van der Waals surface area contributed by atoms with Gasteiger partial charge < -0.3 is 9.88 Å². The monoisotopic (exact) mass is 209 g/mol. The molecule has 0 saturated carbocycles. The highest BCUT2D eigenvalue weighted by Crippen LogP contribution is 2.30. The van der Waals surface area contributed by atoms with Gasteiger partial charge in [-0.3, -0.25) is 0 Å². The minimum atomic E-state index is 0.237. The van der Waals surface area contributed by atoms with Crippen LogP contribution in [0, 0.1) is 11.3 Å². The quantitative estimate of drug-likeness (QED) is 0.783. The lowest BCUT2D eigenvalue weighted by Gasteiger charge is -2.13. The van der Waals surface area contributed by atoms with E-state index in [2.05, 4.69) is 22.0 Å². The molecule has 1 aliphatic heterocycles. The molecule has 3 nitrogen and oxygen atoms in total. The second-order valence-corrected chi connectivity index (χ2v) is 3.90. The summed E-state index contributed by atoms with van der Waals surface area (Å²) in [5.41, 5.74) is 1.85. The Balaban J connectivity index is 2.10. The van der Waals surface area contributed by atoms with Gasteiger partial charge in [-0.05, 0) is 23.8 Å². The fourth-order valence-electron chi connectivity index (χ4n) is 2.26. The highest BCUT2D eigenvalue weighted by atomic mass is 15.2. The number of rotatable bonds is 1. The number of nitriles is 1. The molecule has 1 atom stereocenters. The molecule has 2 aromatic rings. The standard InChI is InChI=1S/C13H11N3/c14-8-10-4-1-2-5-11(10)12-9-15-13-6-3-7-16(12)13/h1-7,12,15H,9H2. The molecule has 3 rings (SSSR count). The van der Waals surface area contributed by atoms with Crippen LogP contribution in [0.3, 0.4) is 0 Å². The first-order valence-corrected chi connectivity index (χ1v) is 5.30. The minimum Gasteiger partial charge on any atom is -0.369 e. The van der Waals surface area contributed by atoms with Crippen molar-refractivity contribution in [2.75, 3.05) is 11.9 Å². The Hall–Kier alpha value is -2.21. The van der Waals surface area contributed by atoms with Gasteiger partial charge >= 0.3 is 0 Å². The molecule has 1 N–H and O–H groups in total. The topological polar surface area (TPSA) is 40.8 Å². The number of nitrogens with one attached hydrogen (secondary N) is 1. The van der Waals surface area contributed by atoms with Gasteiger partial charge in [-0.25, -0.2) is 0 Å². The zero-order valence-electron chi connectivity index (χ0n) is 8.72. The van der Waals surface area contributed by atoms with Crippen molar-refractivity contribution >= 4 is 5.82 Å². The maximum Gasteiger partial charge on any atom is 0.106 e. The van der Waals surface area contributed by atoms with E-state index in [9.17, 15) is 0 Å². The van der Waals surface area contributed by atoms with Gasteiger partial charge in [0.1, 0.15) is 5.82 Å². The summed E-state index contributed by atoms with van der Waals surface area (Å²) in [6.45, 7) is 0.856. The molecule has 78 valence electrons. The largest absolute Gasteiger partial charge is 0.369 e. The fraction of sp³-hybridized carbons (Fsp3) is 0.154. The van der Waals surface area contributed by atoms with E-state index in [1.165, 1.54) is 0 Å². The second-order valence-electron chi connectivity index (χ2n) is 3.90. The number of hydrogen-bond acceptors (Lipinski definition) is 2. The first-order valence-electron chi connectivity index (χ1n) is 5.30. The summed E-state index contributed by atoms with van der Waals surface area (Å²) >= 11 is 0. The van der Waals surface area contributed by atoms with Gasteiger partial charge in [0, 0.05) is 12.7 Å². The number of nitrogens with zero attached hydrogens (tertiary/aromatic N) is 2. The Morgan fingerprint density at radius 3 is 3.00 bits per heavy atom. The van der Waals surface area contributed by atoms with E-state index in [0.717, 1.165) is 23.5 Å². The van der Waals surface area contributed by atoms with Gasteiger partial charge in [0.2, 0.25) is 0 Å². The van der Waals surface area contributed by atoms with Gasteiger partial charge in [0.15, 0.2) is 0 Å². The highest BCUT2D eigenvalue weighted by molar-refractivity contribution is 5.48. The molecule has 0 radical (unpaired) electrons. The van der Waals surface area contributed by atoms with Crippen LogP contribution >= 0.6 is 0 Å². The molecular weight excluding hydrogens is 198 g/mol. The van der Waals surface area contributed by atoms with E-state index < -0.39 is 0 Å². The molecular formula is C13H11N3. The molecule has 1 aromatic heterocycles. The van der Waals surface area contributed by atoms with Gasteiger partial charge in [-0.2, -0.15) is 5.26 Å². The third kappa shape index (κ3) is 1.20. The molecule has 0 bridgehead atoms. The van der Waals surface area contributed by atoms with E-state index in [-0.39, 0.29) is 6.04 Å². The molecule has 0 saturated heterocycles. The summed E-state index contributed by atoms with van der Waals surface area (Å²) in [6.07, 6.45) is 2.05. The Morgan fingerprint density at radius 2 is 2.12 bits per heavy atom. The van der Waals surface area contributed by atoms with Gasteiger partial charge in [0.25, 0.3) is 0 Å². The molecule has 0 amide bonds. The second kappa shape index (κ2) is 3.42. The smallest absolute Gasteiger partial charge is 0.106 e. The molecule has 3 heteroatoms. The maximum atomic E-state index is 9.10. The average molecular weight is 209 g/mol. The van der Waals surface area contributed by atoms with Gasteiger partial charge in [-0.15, -0.1) is 0 Å². The van der Waals surface area contributed by atoms with Crippen molar-refractivity contribution in [1.82, 2.24) is 4.57 Å². The Morgan fingerprint density at radius 1 is 1.25 bits per heavy atom. The summed E-state index contributed by atoms with van der Waals surface area (Å²) in [7, 11) is 0. The number of anilines is 1. The van der Waals surface area contributed by atoms with Crippen molar-refractivity contribution in [2.24, 2.45) is 0 Å². The SMILES string of the molecule is N#Cc1ccccc1C1CNc2cccn21. The van der Waals surface area contributed by atoms with E-state index in [1.807, 2.05) is 36.5 Å². The van der Waals surface area contributed by atoms with Crippen LogP contribution in [0.5, 0.6) is 0 Å². The van der Waals surface area contributed by atoms with Crippen LogP contribution in [0.1, 0.15) is 17.2 Å². The average Bonchev–Trinajstić information content (AvgIpc) is 2.91. The molecule has 1 aromatic carbocycles. The Bertz CT molecular complexity index is 563. The summed E-state index contributed by atoms with van der Waals surface area (Å²) in [4.78, 5) is 0. The van der Waals surface area contributed by atoms with Crippen LogP contribution in [0.25, 0.3) is 0 Å². The van der Waals surface area contributed by atoms with Crippen molar-refractivity contribution in [2.45, 2.75) is 6.04 Å².